The molecule has 0 aliphatic rings. The predicted octanol–water partition coefficient (Wildman–Crippen LogP) is 2.32. The van der Waals surface area contributed by atoms with Gasteiger partial charge in [0.2, 0.25) is 0 Å². The minimum atomic E-state index is -4.39. The summed E-state index contributed by atoms with van der Waals surface area (Å²) in [4.78, 5) is 0. The zero-order valence-corrected chi connectivity index (χ0v) is 13.6. The number of nitrogens with zero attached hydrogens (tertiary/aromatic N) is 2. The summed E-state index contributed by atoms with van der Waals surface area (Å²) in [6.45, 7) is 1.69. The minimum absolute atomic E-state index is 0.0683. The molecule has 128 valence electrons. The lowest BCUT2D eigenvalue weighted by atomic mass is 10.1. The minimum Gasteiger partial charge on any atom is -0.199 e. The number of rotatable bonds is 7. The van der Waals surface area contributed by atoms with Crippen molar-refractivity contribution < 1.29 is 21.6 Å². The van der Waals surface area contributed by atoms with Crippen LogP contribution in [0.1, 0.15) is 24.5 Å². The Morgan fingerprint density at radius 3 is 2.35 bits per heavy atom. The smallest absolute Gasteiger partial charge is 0.199 e. The van der Waals surface area contributed by atoms with Crippen LogP contribution in [0, 0.1) is 11.3 Å². The second-order valence-corrected chi connectivity index (χ2v) is 6.96. The van der Waals surface area contributed by atoms with Crippen molar-refractivity contribution in [3.63, 3.8) is 0 Å². The molecule has 0 saturated carbocycles. The van der Waals surface area contributed by atoms with Gasteiger partial charge < -0.3 is 0 Å². The van der Waals surface area contributed by atoms with Gasteiger partial charge in [0.1, 0.15) is 0 Å². The van der Waals surface area contributed by atoms with Gasteiger partial charge in [0.05, 0.1) is 11.6 Å². The lowest BCUT2D eigenvalue weighted by Crippen LogP contribution is -2.43. The summed E-state index contributed by atoms with van der Waals surface area (Å²) in [5.74, 6) is 0. The van der Waals surface area contributed by atoms with Crippen LogP contribution in [0.25, 0.3) is 0 Å². The highest BCUT2D eigenvalue weighted by molar-refractivity contribution is 7.87. The summed E-state index contributed by atoms with van der Waals surface area (Å²) in [6, 6.07) is 5.95. The summed E-state index contributed by atoms with van der Waals surface area (Å²) in [5.41, 5.74) is -0.154. The quantitative estimate of drug-likeness (QED) is 0.821. The number of halogens is 3. The first kappa shape index (κ1) is 19.4. The van der Waals surface area contributed by atoms with Crippen LogP contribution in [-0.4, -0.2) is 32.4 Å². The van der Waals surface area contributed by atoms with Crippen LogP contribution in [-0.2, 0) is 22.8 Å². The van der Waals surface area contributed by atoms with E-state index >= 15 is 0 Å². The molecule has 0 heterocycles. The number of nitrogens with one attached hydrogen (secondary N) is 1. The van der Waals surface area contributed by atoms with Gasteiger partial charge in [-0.1, -0.05) is 12.1 Å². The second-order valence-electron chi connectivity index (χ2n) is 5.15. The van der Waals surface area contributed by atoms with Crippen LogP contribution in [0.4, 0.5) is 13.2 Å². The molecule has 1 rings (SSSR count). The van der Waals surface area contributed by atoms with Crippen molar-refractivity contribution in [2.24, 2.45) is 0 Å². The molecule has 0 aliphatic heterocycles. The monoisotopic (exact) mass is 349 g/mol. The van der Waals surface area contributed by atoms with E-state index in [4.69, 9.17) is 5.26 Å². The van der Waals surface area contributed by atoms with Crippen molar-refractivity contribution >= 4 is 10.2 Å². The first-order chi connectivity index (χ1) is 10.6. The molecule has 1 N–H and O–H groups in total. The van der Waals surface area contributed by atoms with Crippen LogP contribution in [0.5, 0.6) is 0 Å². The summed E-state index contributed by atoms with van der Waals surface area (Å²) >= 11 is 0. The van der Waals surface area contributed by atoms with Crippen LogP contribution in [0.3, 0.4) is 0 Å². The van der Waals surface area contributed by atoms with Gasteiger partial charge in [-0.2, -0.15) is 35.9 Å². The molecular weight excluding hydrogens is 331 g/mol. The molecule has 0 amide bonds. The summed E-state index contributed by atoms with van der Waals surface area (Å²) < 4.78 is 64.8. The van der Waals surface area contributed by atoms with E-state index in [1.165, 1.54) is 19.2 Å². The van der Waals surface area contributed by atoms with Crippen LogP contribution in [0.15, 0.2) is 24.3 Å². The Hall–Kier alpha value is -1.63. The van der Waals surface area contributed by atoms with E-state index in [0.717, 1.165) is 16.4 Å². The normalized spacial score (nSPS) is 13.8. The Morgan fingerprint density at radius 2 is 1.87 bits per heavy atom. The molecule has 0 saturated heterocycles. The van der Waals surface area contributed by atoms with Gasteiger partial charge in [-0.25, -0.2) is 0 Å². The Bertz CT molecular complexity index is 651. The highest BCUT2D eigenvalue weighted by atomic mass is 32.2. The molecule has 0 aliphatic carbocycles. The maximum absolute atomic E-state index is 12.5. The van der Waals surface area contributed by atoms with Gasteiger partial charge in [0, 0.05) is 26.1 Å². The predicted molar refractivity (Wildman–Crippen MR) is 79.5 cm³/mol. The van der Waals surface area contributed by atoms with Crippen molar-refractivity contribution in [1.82, 2.24) is 9.03 Å². The lowest BCUT2D eigenvalue weighted by molar-refractivity contribution is -0.137. The van der Waals surface area contributed by atoms with Crippen molar-refractivity contribution in [2.75, 3.05) is 13.6 Å². The topological polar surface area (TPSA) is 73.2 Å². The van der Waals surface area contributed by atoms with Gasteiger partial charge in [-0.3, -0.25) is 0 Å². The maximum atomic E-state index is 12.5. The van der Waals surface area contributed by atoms with Gasteiger partial charge in [-0.05, 0) is 31.0 Å². The Morgan fingerprint density at radius 1 is 1.30 bits per heavy atom. The molecule has 0 aromatic heterocycles. The van der Waals surface area contributed by atoms with Crippen LogP contribution in [0.2, 0.25) is 0 Å². The molecule has 23 heavy (non-hydrogen) atoms. The number of benzene rings is 1. The number of hydrogen-bond acceptors (Lipinski definition) is 3. The summed E-state index contributed by atoms with van der Waals surface area (Å²) in [5, 5.41) is 8.47. The number of alkyl halides is 3. The zero-order valence-electron chi connectivity index (χ0n) is 12.8. The van der Waals surface area contributed by atoms with E-state index in [2.05, 4.69) is 4.72 Å². The maximum Gasteiger partial charge on any atom is 0.416 e. The van der Waals surface area contributed by atoms with E-state index in [0.29, 0.717) is 5.56 Å². The number of nitriles is 1. The summed E-state index contributed by atoms with van der Waals surface area (Å²) in [6.07, 6.45) is -4.07. The average molecular weight is 349 g/mol. The number of hydrogen-bond donors (Lipinski definition) is 1. The van der Waals surface area contributed by atoms with Gasteiger partial charge in [0.25, 0.3) is 10.2 Å². The van der Waals surface area contributed by atoms with Crippen molar-refractivity contribution in [3.05, 3.63) is 35.4 Å². The highest BCUT2D eigenvalue weighted by Crippen LogP contribution is 2.29. The fourth-order valence-electron chi connectivity index (χ4n) is 1.90. The van der Waals surface area contributed by atoms with Gasteiger partial charge in [0.15, 0.2) is 0 Å². The Kier molecular flexibility index (Phi) is 6.56. The lowest BCUT2D eigenvalue weighted by Gasteiger charge is -2.20. The Balaban J connectivity index is 2.66. The molecule has 0 unspecified atom stereocenters. The molecule has 1 aromatic carbocycles. The van der Waals surface area contributed by atoms with Gasteiger partial charge in [-0.15, -0.1) is 0 Å². The molecule has 0 fully saturated rings. The fourth-order valence-corrected chi connectivity index (χ4v) is 3.00. The fraction of sp³-hybridized carbons (Fsp3) is 0.500. The largest absolute Gasteiger partial charge is 0.416 e. The Labute approximate surface area is 133 Å². The molecule has 9 heteroatoms. The third-order valence-electron chi connectivity index (χ3n) is 3.12. The summed E-state index contributed by atoms with van der Waals surface area (Å²) in [7, 11) is -2.38. The standard InChI is InChI=1S/C14H18F3N3O2S/c1-11(19-23(21,22)20(2)9-3-8-18)10-12-4-6-13(7-5-12)14(15,16)17/h4-7,11,19H,3,9-10H2,1-2H3/t11-/m1/s1. The third-order valence-corrected chi connectivity index (χ3v) is 4.83. The van der Waals surface area contributed by atoms with E-state index in [1.54, 1.807) is 6.92 Å². The molecule has 5 nitrogen and oxygen atoms in total. The molecule has 0 spiro atoms. The third kappa shape index (κ3) is 6.17. The molecule has 1 aromatic rings. The van der Waals surface area contributed by atoms with E-state index < -0.39 is 28.0 Å². The van der Waals surface area contributed by atoms with Crippen molar-refractivity contribution in [3.8, 4) is 6.07 Å². The van der Waals surface area contributed by atoms with Crippen molar-refractivity contribution in [2.45, 2.75) is 32.0 Å². The second kappa shape index (κ2) is 7.77. The van der Waals surface area contributed by atoms with Gasteiger partial charge >= 0.3 is 6.18 Å². The SMILES string of the molecule is C[C@H](Cc1ccc(C(F)(F)F)cc1)NS(=O)(=O)N(C)CCC#N. The molecule has 0 radical (unpaired) electrons. The highest BCUT2D eigenvalue weighted by Gasteiger charge is 2.30. The molecule has 0 bridgehead atoms. The zero-order chi connectivity index (χ0) is 17.7. The average Bonchev–Trinajstić information content (AvgIpc) is 2.43. The van der Waals surface area contributed by atoms with Crippen molar-refractivity contribution in [1.29, 1.82) is 5.26 Å². The van der Waals surface area contributed by atoms with E-state index in [1.807, 2.05) is 6.07 Å². The molecule has 1 atom stereocenters. The van der Waals surface area contributed by atoms with Crippen LogP contribution >= 0.6 is 0 Å². The van der Waals surface area contributed by atoms with E-state index in [9.17, 15) is 21.6 Å². The molecular formula is C14H18F3N3O2S. The first-order valence-corrected chi connectivity index (χ1v) is 8.27. The van der Waals surface area contributed by atoms with Crippen LogP contribution < -0.4 is 4.72 Å². The first-order valence-electron chi connectivity index (χ1n) is 6.83. The van der Waals surface area contributed by atoms with E-state index in [-0.39, 0.29) is 19.4 Å².